The normalized spacial score (nSPS) is 12.2. The van der Waals surface area contributed by atoms with Gasteiger partial charge in [0.2, 0.25) is 0 Å². The van der Waals surface area contributed by atoms with Crippen LogP contribution in [0.25, 0.3) is 0 Å². The Morgan fingerprint density at radius 3 is 2.57 bits per heavy atom. The minimum Gasteiger partial charge on any atom is -0.363 e. The molecule has 21 heavy (non-hydrogen) atoms. The van der Waals surface area contributed by atoms with Crippen LogP contribution < -0.4 is 5.32 Å². The average molecular weight is 304 g/mol. The predicted molar refractivity (Wildman–Crippen MR) is 89.0 cm³/mol. The molecule has 1 heterocycles. The van der Waals surface area contributed by atoms with Crippen molar-refractivity contribution in [1.82, 2.24) is 9.97 Å². The van der Waals surface area contributed by atoms with Gasteiger partial charge in [0.1, 0.15) is 16.8 Å². The molecule has 1 aromatic carbocycles. The number of nitrogens with zero attached hydrogens (tertiary/aromatic N) is 2. The number of rotatable bonds is 5. The Morgan fingerprint density at radius 1 is 1.19 bits per heavy atom. The lowest BCUT2D eigenvalue weighted by atomic mass is 10.0. The van der Waals surface area contributed by atoms with Crippen molar-refractivity contribution < 1.29 is 0 Å². The van der Waals surface area contributed by atoms with Gasteiger partial charge in [-0.25, -0.2) is 9.97 Å². The molecule has 0 radical (unpaired) electrons. The van der Waals surface area contributed by atoms with E-state index in [9.17, 15) is 0 Å². The molecular formula is C17H22ClN3. The highest BCUT2D eigenvalue weighted by atomic mass is 35.5. The van der Waals surface area contributed by atoms with Crippen LogP contribution >= 0.6 is 11.6 Å². The molecule has 1 aromatic heterocycles. The molecule has 1 N–H and O–H groups in total. The van der Waals surface area contributed by atoms with Crippen LogP contribution in [0, 0.1) is 13.8 Å². The Kier molecular flexibility index (Phi) is 5.18. The summed E-state index contributed by atoms with van der Waals surface area (Å²) in [6.45, 7) is 8.32. The number of hydrogen-bond donors (Lipinski definition) is 1. The topological polar surface area (TPSA) is 37.8 Å². The summed E-state index contributed by atoms with van der Waals surface area (Å²) >= 11 is 6.22. The Labute approximate surface area is 131 Å². The van der Waals surface area contributed by atoms with Gasteiger partial charge in [0.15, 0.2) is 0 Å². The predicted octanol–water partition coefficient (Wildman–Crippen LogP) is 4.87. The van der Waals surface area contributed by atoms with E-state index in [2.05, 4.69) is 60.3 Å². The number of aryl methyl sites for hydroxylation is 2. The van der Waals surface area contributed by atoms with Gasteiger partial charge in [-0.2, -0.15) is 0 Å². The average Bonchev–Trinajstić information content (AvgIpc) is 2.45. The van der Waals surface area contributed by atoms with Crippen LogP contribution in [-0.4, -0.2) is 9.97 Å². The third-order valence-corrected chi connectivity index (χ3v) is 3.98. The molecule has 0 bridgehead atoms. The van der Waals surface area contributed by atoms with E-state index in [1.54, 1.807) is 0 Å². The van der Waals surface area contributed by atoms with Gasteiger partial charge in [-0.05, 0) is 38.3 Å². The summed E-state index contributed by atoms with van der Waals surface area (Å²) in [5, 5.41) is 4.01. The van der Waals surface area contributed by atoms with Crippen molar-refractivity contribution in [1.29, 1.82) is 0 Å². The molecule has 3 nitrogen and oxygen atoms in total. The van der Waals surface area contributed by atoms with Crippen molar-refractivity contribution in [3.63, 3.8) is 0 Å². The van der Waals surface area contributed by atoms with Crippen LogP contribution in [0.4, 0.5) is 5.82 Å². The van der Waals surface area contributed by atoms with E-state index < -0.39 is 0 Å². The van der Waals surface area contributed by atoms with E-state index in [1.807, 2.05) is 6.92 Å². The van der Waals surface area contributed by atoms with Gasteiger partial charge in [-0.15, -0.1) is 0 Å². The van der Waals surface area contributed by atoms with E-state index in [0.29, 0.717) is 5.15 Å². The smallest absolute Gasteiger partial charge is 0.137 e. The first-order valence-corrected chi connectivity index (χ1v) is 7.75. The zero-order valence-corrected chi connectivity index (χ0v) is 13.8. The highest BCUT2D eigenvalue weighted by Gasteiger charge is 2.13. The van der Waals surface area contributed by atoms with Gasteiger partial charge in [-0.1, -0.05) is 42.8 Å². The Hall–Kier alpha value is -1.61. The van der Waals surface area contributed by atoms with Crippen molar-refractivity contribution in [2.45, 2.75) is 46.6 Å². The number of hydrogen-bond acceptors (Lipinski definition) is 3. The Balaban J connectivity index is 2.28. The van der Waals surface area contributed by atoms with E-state index in [0.717, 1.165) is 30.0 Å². The molecule has 112 valence electrons. The minimum atomic E-state index is 0.172. The Bertz CT molecular complexity index is 625. The second-order valence-electron chi connectivity index (χ2n) is 5.38. The molecule has 2 aromatic rings. The molecule has 1 atom stereocenters. The van der Waals surface area contributed by atoms with E-state index in [-0.39, 0.29) is 6.04 Å². The Morgan fingerprint density at radius 2 is 1.90 bits per heavy atom. The molecule has 0 aliphatic carbocycles. The first-order chi connectivity index (χ1) is 10.0. The molecule has 0 aliphatic rings. The van der Waals surface area contributed by atoms with Crippen molar-refractivity contribution in [2.75, 3.05) is 5.32 Å². The summed E-state index contributed by atoms with van der Waals surface area (Å²) in [6.07, 6.45) is 1.85. The quantitative estimate of drug-likeness (QED) is 0.801. The fraction of sp³-hybridized carbons (Fsp3) is 0.412. The molecule has 0 amide bonds. The van der Waals surface area contributed by atoms with E-state index >= 15 is 0 Å². The number of halogens is 1. The maximum absolute atomic E-state index is 6.22. The van der Waals surface area contributed by atoms with Crippen LogP contribution in [0.3, 0.4) is 0 Å². The van der Waals surface area contributed by atoms with E-state index in [4.69, 9.17) is 11.6 Å². The molecule has 1 unspecified atom stereocenters. The highest BCUT2D eigenvalue weighted by Crippen LogP contribution is 2.26. The van der Waals surface area contributed by atoms with Crippen molar-refractivity contribution >= 4 is 17.4 Å². The van der Waals surface area contributed by atoms with Crippen LogP contribution in [0.1, 0.15) is 48.8 Å². The first kappa shape index (κ1) is 15.8. The molecule has 0 fully saturated rings. The van der Waals surface area contributed by atoms with Gasteiger partial charge in [0, 0.05) is 12.0 Å². The second-order valence-corrected chi connectivity index (χ2v) is 5.73. The van der Waals surface area contributed by atoms with Gasteiger partial charge in [-0.3, -0.25) is 0 Å². The van der Waals surface area contributed by atoms with Crippen molar-refractivity contribution in [2.24, 2.45) is 0 Å². The summed E-state index contributed by atoms with van der Waals surface area (Å²) < 4.78 is 0. The first-order valence-electron chi connectivity index (χ1n) is 7.38. The lowest BCUT2D eigenvalue weighted by Gasteiger charge is -2.19. The lowest BCUT2D eigenvalue weighted by molar-refractivity contribution is 0.812. The SMILES string of the molecule is CCCc1nc(Cl)c(C)c(NC(C)c2ccccc2C)n1. The molecule has 0 saturated heterocycles. The molecule has 0 spiro atoms. The summed E-state index contributed by atoms with van der Waals surface area (Å²) in [4.78, 5) is 8.95. The third kappa shape index (κ3) is 3.73. The van der Waals surface area contributed by atoms with Gasteiger partial charge in [0.25, 0.3) is 0 Å². The van der Waals surface area contributed by atoms with Crippen LogP contribution in [0.15, 0.2) is 24.3 Å². The summed E-state index contributed by atoms with van der Waals surface area (Å²) in [6, 6.07) is 8.54. The van der Waals surface area contributed by atoms with Gasteiger partial charge >= 0.3 is 0 Å². The number of anilines is 1. The maximum Gasteiger partial charge on any atom is 0.137 e. The number of benzene rings is 1. The summed E-state index contributed by atoms with van der Waals surface area (Å²) in [5.41, 5.74) is 3.43. The minimum absolute atomic E-state index is 0.172. The molecular weight excluding hydrogens is 282 g/mol. The largest absolute Gasteiger partial charge is 0.363 e. The van der Waals surface area contributed by atoms with Crippen molar-refractivity contribution in [3.05, 3.63) is 51.9 Å². The van der Waals surface area contributed by atoms with Crippen molar-refractivity contribution in [3.8, 4) is 0 Å². The molecule has 4 heteroatoms. The fourth-order valence-corrected chi connectivity index (χ4v) is 2.55. The number of aromatic nitrogens is 2. The van der Waals surface area contributed by atoms with Crippen LogP contribution in [0.2, 0.25) is 5.15 Å². The highest BCUT2D eigenvalue weighted by molar-refractivity contribution is 6.30. The molecule has 2 rings (SSSR count). The van der Waals surface area contributed by atoms with Crippen LogP contribution in [-0.2, 0) is 6.42 Å². The van der Waals surface area contributed by atoms with Crippen LogP contribution in [0.5, 0.6) is 0 Å². The number of nitrogens with one attached hydrogen (secondary N) is 1. The van der Waals surface area contributed by atoms with E-state index in [1.165, 1.54) is 11.1 Å². The second kappa shape index (κ2) is 6.90. The van der Waals surface area contributed by atoms with Gasteiger partial charge in [0.05, 0.1) is 6.04 Å². The lowest BCUT2D eigenvalue weighted by Crippen LogP contribution is -2.12. The zero-order valence-electron chi connectivity index (χ0n) is 13.1. The molecule has 0 saturated carbocycles. The zero-order chi connectivity index (χ0) is 15.4. The monoisotopic (exact) mass is 303 g/mol. The fourth-order valence-electron chi connectivity index (χ4n) is 2.36. The maximum atomic E-state index is 6.22. The standard InChI is InChI=1S/C17H22ClN3/c1-5-8-15-20-16(18)12(3)17(21-15)19-13(4)14-10-7-6-9-11(14)2/h6-7,9-10,13H,5,8H2,1-4H3,(H,19,20,21). The summed E-state index contributed by atoms with van der Waals surface area (Å²) in [7, 11) is 0. The molecule has 0 aliphatic heterocycles. The third-order valence-electron chi connectivity index (χ3n) is 3.61. The summed E-state index contributed by atoms with van der Waals surface area (Å²) in [5.74, 6) is 1.63. The van der Waals surface area contributed by atoms with Gasteiger partial charge < -0.3 is 5.32 Å².